The highest BCUT2D eigenvalue weighted by Crippen LogP contribution is 2.41. The molecule has 0 saturated heterocycles. The lowest BCUT2D eigenvalue weighted by molar-refractivity contribution is 0.233. The van der Waals surface area contributed by atoms with Gasteiger partial charge in [-0.1, -0.05) is 19.4 Å². The Morgan fingerprint density at radius 1 is 1.44 bits per heavy atom. The number of nitrogens with one attached hydrogen (secondary N) is 1. The van der Waals surface area contributed by atoms with Crippen molar-refractivity contribution in [2.24, 2.45) is 5.41 Å². The predicted octanol–water partition coefficient (Wildman–Crippen LogP) is 1.91. The average molecular weight is 125 g/mol. The zero-order valence-electron chi connectivity index (χ0n) is 6.28. The molecule has 1 fully saturated rings. The Hall–Kier alpha value is -0.460. The van der Waals surface area contributed by atoms with E-state index in [1.165, 1.54) is 19.3 Å². The highest BCUT2D eigenvalue weighted by atomic mass is 14.8. The van der Waals surface area contributed by atoms with Crippen molar-refractivity contribution >= 4 is 0 Å². The summed E-state index contributed by atoms with van der Waals surface area (Å²) in [6.45, 7) is 2.31. The Bertz CT molecular complexity index is 112. The second-order valence-corrected chi connectivity index (χ2v) is 3.13. The van der Waals surface area contributed by atoms with Gasteiger partial charge in [-0.2, -0.15) is 0 Å². The standard InChI is InChI=1S/C8H15N/c1-8(4-3-5-8)6-7-9-2/h6-7,9H,3-5H2,1-2H3/b7-6-. The van der Waals surface area contributed by atoms with Crippen LogP contribution in [0.1, 0.15) is 26.2 Å². The van der Waals surface area contributed by atoms with Crippen LogP contribution in [-0.4, -0.2) is 7.05 Å². The third-order valence-corrected chi connectivity index (χ3v) is 2.15. The lowest BCUT2D eigenvalue weighted by Gasteiger charge is -2.35. The number of allylic oxidation sites excluding steroid dienone is 1. The molecule has 52 valence electrons. The van der Waals surface area contributed by atoms with Gasteiger partial charge in [0.25, 0.3) is 0 Å². The van der Waals surface area contributed by atoms with Crippen LogP contribution in [0.5, 0.6) is 0 Å². The minimum absolute atomic E-state index is 0.531. The predicted molar refractivity (Wildman–Crippen MR) is 40.2 cm³/mol. The van der Waals surface area contributed by atoms with Crippen molar-refractivity contribution in [1.29, 1.82) is 0 Å². The van der Waals surface area contributed by atoms with Crippen molar-refractivity contribution in [3.8, 4) is 0 Å². The first-order valence-electron chi connectivity index (χ1n) is 3.62. The summed E-state index contributed by atoms with van der Waals surface area (Å²) in [7, 11) is 1.94. The van der Waals surface area contributed by atoms with Gasteiger partial charge in [-0.05, 0) is 24.5 Å². The van der Waals surface area contributed by atoms with Gasteiger partial charge in [0, 0.05) is 7.05 Å². The van der Waals surface area contributed by atoms with Crippen LogP contribution in [-0.2, 0) is 0 Å². The van der Waals surface area contributed by atoms with E-state index >= 15 is 0 Å². The molecule has 0 spiro atoms. The summed E-state index contributed by atoms with van der Waals surface area (Å²) in [6.07, 6.45) is 8.45. The summed E-state index contributed by atoms with van der Waals surface area (Å²) >= 11 is 0. The Morgan fingerprint density at radius 2 is 2.11 bits per heavy atom. The molecule has 1 rings (SSSR count). The Morgan fingerprint density at radius 3 is 2.44 bits per heavy atom. The molecule has 0 aromatic heterocycles. The third-order valence-electron chi connectivity index (χ3n) is 2.15. The van der Waals surface area contributed by atoms with Crippen molar-refractivity contribution in [2.75, 3.05) is 7.05 Å². The Labute approximate surface area is 57.1 Å². The maximum Gasteiger partial charge on any atom is 0.00276 e. The largest absolute Gasteiger partial charge is 0.394 e. The Kier molecular flexibility index (Phi) is 1.79. The molecule has 1 nitrogen and oxygen atoms in total. The molecule has 1 N–H and O–H groups in total. The summed E-state index contributed by atoms with van der Waals surface area (Å²) in [5, 5.41) is 3.01. The SMILES string of the molecule is CN/C=C\C1(C)CCC1. The number of hydrogen-bond donors (Lipinski definition) is 1. The van der Waals surface area contributed by atoms with Crippen LogP contribution >= 0.6 is 0 Å². The lowest BCUT2D eigenvalue weighted by Crippen LogP contribution is -2.22. The summed E-state index contributed by atoms with van der Waals surface area (Å²) in [6, 6.07) is 0. The molecular formula is C8H15N. The van der Waals surface area contributed by atoms with E-state index < -0.39 is 0 Å². The first-order valence-corrected chi connectivity index (χ1v) is 3.62. The van der Waals surface area contributed by atoms with E-state index in [1.54, 1.807) is 0 Å². The summed E-state index contributed by atoms with van der Waals surface area (Å²) < 4.78 is 0. The molecule has 0 aromatic rings. The quantitative estimate of drug-likeness (QED) is 0.594. The van der Waals surface area contributed by atoms with Crippen molar-refractivity contribution < 1.29 is 0 Å². The fourth-order valence-corrected chi connectivity index (χ4v) is 1.19. The molecule has 1 saturated carbocycles. The van der Waals surface area contributed by atoms with Gasteiger partial charge in [0.2, 0.25) is 0 Å². The topological polar surface area (TPSA) is 12.0 Å². The number of rotatable bonds is 2. The van der Waals surface area contributed by atoms with Gasteiger partial charge in [0.1, 0.15) is 0 Å². The normalized spacial score (nSPS) is 23.8. The van der Waals surface area contributed by atoms with Gasteiger partial charge in [-0.3, -0.25) is 0 Å². The fraction of sp³-hybridized carbons (Fsp3) is 0.750. The summed E-state index contributed by atoms with van der Waals surface area (Å²) in [5.74, 6) is 0. The van der Waals surface area contributed by atoms with Gasteiger partial charge in [0.05, 0.1) is 0 Å². The van der Waals surface area contributed by atoms with E-state index in [0.717, 1.165) is 0 Å². The monoisotopic (exact) mass is 125 g/mol. The smallest absolute Gasteiger partial charge is 0.00276 e. The molecule has 1 aliphatic carbocycles. The second-order valence-electron chi connectivity index (χ2n) is 3.13. The molecule has 0 aromatic carbocycles. The van der Waals surface area contributed by atoms with E-state index in [2.05, 4.69) is 18.3 Å². The molecule has 0 atom stereocenters. The molecule has 0 amide bonds. The van der Waals surface area contributed by atoms with E-state index in [0.29, 0.717) is 5.41 Å². The maximum atomic E-state index is 3.01. The molecule has 1 heteroatoms. The average Bonchev–Trinajstić information content (AvgIpc) is 1.79. The van der Waals surface area contributed by atoms with E-state index in [9.17, 15) is 0 Å². The number of hydrogen-bond acceptors (Lipinski definition) is 1. The van der Waals surface area contributed by atoms with Crippen molar-refractivity contribution in [3.63, 3.8) is 0 Å². The molecule has 1 aliphatic rings. The first-order chi connectivity index (χ1) is 4.27. The van der Waals surface area contributed by atoms with E-state index in [-0.39, 0.29) is 0 Å². The van der Waals surface area contributed by atoms with E-state index in [1.807, 2.05) is 13.2 Å². The zero-order chi connectivity index (χ0) is 6.74. The van der Waals surface area contributed by atoms with Gasteiger partial charge in [-0.15, -0.1) is 0 Å². The molecule has 0 radical (unpaired) electrons. The van der Waals surface area contributed by atoms with Gasteiger partial charge < -0.3 is 5.32 Å². The Balaban J connectivity index is 2.32. The van der Waals surface area contributed by atoms with Gasteiger partial charge in [-0.25, -0.2) is 0 Å². The molecular weight excluding hydrogens is 110 g/mol. The molecule has 0 unspecified atom stereocenters. The second kappa shape index (κ2) is 2.42. The van der Waals surface area contributed by atoms with Crippen LogP contribution < -0.4 is 5.32 Å². The fourth-order valence-electron chi connectivity index (χ4n) is 1.19. The van der Waals surface area contributed by atoms with Crippen LogP contribution in [0.25, 0.3) is 0 Å². The van der Waals surface area contributed by atoms with Crippen LogP contribution in [0.2, 0.25) is 0 Å². The van der Waals surface area contributed by atoms with Crippen molar-refractivity contribution in [2.45, 2.75) is 26.2 Å². The molecule has 9 heavy (non-hydrogen) atoms. The van der Waals surface area contributed by atoms with Crippen LogP contribution in [0, 0.1) is 5.41 Å². The molecule has 0 bridgehead atoms. The maximum absolute atomic E-state index is 3.01. The van der Waals surface area contributed by atoms with E-state index in [4.69, 9.17) is 0 Å². The van der Waals surface area contributed by atoms with Crippen LogP contribution in [0.15, 0.2) is 12.3 Å². The molecule has 0 aliphatic heterocycles. The zero-order valence-corrected chi connectivity index (χ0v) is 6.28. The summed E-state index contributed by atoms with van der Waals surface area (Å²) in [4.78, 5) is 0. The van der Waals surface area contributed by atoms with Gasteiger partial charge in [0.15, 0.2) is 0 Å². The highest BCUT2D eigenvalue weighted by molar-refractivity contribution is 5.00. The van der Waals surface area contributed by atoms with Crippen LogP contribution in [0.3, 0.4) is 0 Å². The lowest BCUT2D eigenvalue weighted by atomic mass is 9.71. The van der Waals surface area contributed by atoms with Gasteiger partial charge >= 0.3 is 0 Å². The highest BCUT2D eigenvalue weighted by Gasteiger charge is 2.28. The molecule has 0 heterocycles. The van der Waals surface area contributed by atoms with Crippen molar-refractivity contribution in [3.05, 3.63) is 12.3 Å². The first kappa shape index (κ1) is 6.66. The van der Waals surface area contributed by atoms with Crippen LogP contribution in [0.4, 0.5) is 0 Å². The minimum Gasteiger partial charge on any atom is -0.394 e. The van der Waals surface area contributed by atoms with Crippen molar-refractivity contribution in [1.82, 2.24) is 5.32 Å². The minimum atomic E-state index is 0.531. The summed E-state index contributed by atoms with van der Waals surface area (Å²) in [5.41, 5.74) is 0.531. The third kappa shape index (κ3) is 1.47.